The topological polar surface area (TPSA) is 89.4 Å². The van der Waals surface area contributed by atoms with Crippen LogP contribution in [0.15, 0.2) is 67.4 Å². The van der Waals surface area contributed by atoms with E-state index in [1.807, 2.05) is 0 Å². The average molecular weight is 387 g/mol. The Labute approximate surface area is 156 Å². The Morgan fingerprint density at radius 1 is 1.04 bits per heavy atom. The summed E-state index contributed by atoms with van der Waals surface area (Å²) in [5.41, 5.74) is 1.38. The lowest BCUT2D eigenvalue weighted by molar-refractivity contribution is 0.465. The van der Waals surface area contributed by atoms with Gasteiger partial charge in [0.05, 0.1) is 0 Å². The molecule has 0 aliphatic carbocycles. The molecule has 0 atom stereocenters. The molecule has 0 saturated heterocycles. The molecule has 0 aliphatic heterocycles. The Bertz CT molecular complexity index is 1140. The fraction of sp³-hybridized carbons (Fsp3) is 0.0556. The van der Waals surface area contributed by atoms with E-state index in [0.717, 1.165) is 16.5 Å². The van der Waals surface area contributed by atoms with E-state index < -0.39 is 5.63 Å². The molecule has 0 radical (unpaired) electrons. The average Bonchev–Trinajstić information content (AvgIpc) is 3.08. The normalized spacial score (nSPS) is 11.1. The highest BCUT2D eigenvalue weighted by Gasteiger charge is 2.12. The zero-order valence-corrected chi connectivity index (χ0v) is 14.8. The number of aromatic hydroxyl groups is 1. The molecule has 0 spiro atoms. The zero-order valence-electron chi connectivity index (χ0n) is 13.2. The molecule has 2 aromatic carbocycles. The number of rotatable bonds is 4. The maximum absolute atomic E-state index is 11.7. The lowest BCUT2D eigenvalue weighted by atomic mass is 10.1. The van der Waals surface area contributed by atoms with Crippen molar-refractivity contribution in [3.05, 3.63) is 69.5 Å². The highest BCUT2D eigenvalue weighted by Crippen LogP contribution is 2.29. The number of hydrogen-bond donors (Lipinski definition) is 1. The predicted octanol–water partition coefficient (Wildman–Crippen LogP) is 4.49. The third-order valence-corrected chi connectivity index (χ3v) is 4.78. The second-order valence-corrected chi connectivity index (χ2v) is 6.80. The molecule has 0 fully saturated rings. The molecule has 4 aromatic rings. The fourth-order valence-corrected chi connectivity index (χ4v) is 3.33. The summed E-state index contributed by atoms with van der Waals surface area (Å²) < 4.78 is 10.8. The van der Waals surface area contributed by atoms with Gasteiger partial charge in [-0.1, -0.05) is 23.4 Å². The number of benzene rings is 2. The van der Waals surface area contributed by atoms with Gasteiger partial charge in [0.2, 0.25) is 5.89 Å². The number of hydrogen-bond acceptors (Lipinski definition) is 7. The Balaban J connectivity index is 1.57. The first-order valence-electron chi connectivity index (χ1n) is 7.56. The number of aromatic nitrogens is 2. The molecule has 0 aliphatic rings. The van der Waals surface area contributed by atoms with Crippen LogP contribution in [0.1, 0.15) is 5.56 Å². The second-order valence-electron chi connectivity index (χ2n) is 5.44. The van der Waals surface area contributed by atoms with Gasteiger partial charge < -0.3 is 13.9 Å². The van der Waals surface area contributed by atoms with Gasteiger partial charge in [-0.3, -0.25) is 0 Å². The molecule has 1 N–H and O–H groups in total. The van der Waals surface area contributed by atoms with Crippen LogP contribution >= 0.6 is 23.4 Å². The van der Waals surface area contributed by atoms with Crippen molar-refractivity contribution in [2.24, 2.45) is 0 Å². The van der Waals surface area contributed by atoms with Crippen LogP contribution in [-0.2, 0) is 5.75 Å². The summed E-state index contributed by atoms with van der Waals surface area (Å²) >= 11 is 7.18. The first kappa shape index (κ1) is 16.7. The summed E-state index contributed by atoms with van der Waals surface area (Å²) in [6, 6.07) is 13.2. The van der Waals surface area contributed by atoms with Gasteiger partial charge in [-0.05, 0) is 42.0 Å². The zero-order chi connectivity index (χ0) is 18.1. The molecule has 0 saturated carbocycles. The minimum absolute atomic E-state index is 0.0370. The van der Waals surface area contributed by atoms with Crippen LogP contribution in [0.2, 0.25) is 5.02 Å². The molecule has 2 heterocycles. The number of thioether (sulfide) groups is 1. The molecule has 0 amide bonds. The lowest BCUT2D eigenvalue weighted by Gasteiger charge is -2.04. The van der Waals surface area contributed by atoms with Crippen LogP contribution in [0.3, 0.4) is 0 Å². The van der Waals surface area contributed by atoms with Gasteiger partial charge in [0, 0.05) is 33.9 Å². The van der Waals surface area contributed by atoms with E-state index in [0.29, 0.717) is 27.5 Å². The van der Waals surface area contributed by atoms with E-state index in [1.54, 1.807) is 36.4 Å². The largest absolute Gasteiger partial charge is 0.508 e. The summed E-state index contributed by atoms with van der Waals surface area (Å²) in [4.78, 5) is 11.7. The Kier molecular flexibility index (Phi) is 4.40. The third kappa shape index (κ3) is 3.44. The van der Waals surface area contributed by atoms with Gasteiger partial charge in [0.15, 0.2) is 0 Å². The summed E-state index contributed by atoms with van der Waals surface area (Å²) in [6.45, 7) is 0. The van der Waals surface area contributed by atoms with Crippen LogP contribution in [0.5, 0.6) is 5.75 Å². The van der Waals surface area contributed by atoms with Crippen LogP contribution in [0.4, 0.5) is 0 Å². The molecule has 0 unspecified atom stereocenters. The van der Waals surface area contributed by atoms with Gasteiger partial charge in [0.25, 0.3) is 5.22 Å². The minimum Gasteiger partial charge on any atom is -0.508 e. The maximum Gasteiger partial charge on any atom is 0.336 e. The Hall–Kier alpha value is -2.77. The van der Waals surface area contributed by atoms with Crippen molar-refractivity contribution in [3.63, 3.8) is 0 Å². The van der Waals surface area contributed by atoms with Crippen LogP contribution in [0.25, 0.3) is 22.4 Å². The van der Waals surface area contributed by atoms with Crippen LogP contribution < -0.4 is 5.63 Å². The van der Waals surface area contributed by atoms with E-state index in [4.69, 9.17) is 20.4 Å². The first-order chi connectivity index (χ1) is 12.6. The Morgan fingerprint density at radius 3 is 2.65 bits per heavy atom. The number of phenolic OH excluding ortho intramolecular Hbond substituents is 1. The fourth-order valence-electron chi connectivity index (χ4n) is 2.45. The number of halogens is 1. The SMILES string of the molecule is O=c1cc(CSc2nnc(-c3ccc(Cl)cc3)o2)c2ccc(O)cc2o1. The highest BCUT2D eigenvalue weighted by atomic mass is 35.5. The lowest BCUT2D eigenvalue weighted by Crippen LogP contribution is -1.99. The number of fused-ring (bicyclic) bond motifs is 1. The molecular formula is C18H11ClN2O4S. The van der Waals surface area contributed by atoms with Crippen molar-refractivity contribution in [2.75, 3.05) is 0 Å². The van der Waals surface area contributed by atoms with Gasteiger partial charge in [-0.15, -0.1) is 10.2 Å². The highest BCUT2D eigenvalue weighted by molar-refractivity contribution is 7.98. The van der Waals surface area contributed by atoms with Crippen LogP contribution in [0, 0.1) is 0 Å². The van der Waals surface area contributed by atoms with Crippen molar-refractivity contribution in [1.29, 1.82) is 0 Å². The van der Waals surface area contributed by atoms with Crippen molar-refractivity contribution in [1.82, 2.24) is 10.2 Å². The molecule has 130 valence electrons. The monoisotopic (exact) mass is 386 g/mol. The molecule has 8 heteroatoms. The predicted molar refractivity (Wildman–Crippen MR) is 98.5 cm³/mol. The molecule has 0 bridgehead atoms. The van der Waals surface area contributed by atoms with E-state index in [-0.39, 0.29) is 5.75 Å². The summed E-state index contributed by atoms with van der Waals surface area (Å²) in [6.07, 6.45) is 0. The Morgan fingerprint density at radius 2 is 1.85 bits per heavy atom. The molecule has 6 nitrogen and oxygen atoms in total. The standard InChI is InChI=1S/C18H11ClN2O4S/c19-12-3-1-10(2-4-12)17-20-21-18(25-17)26-9-11-7-16(23)24-15-8-13(22)5-6-14(11)15/h1-8,22H,9H2. The van der Waals surface area contributed by atoms with Gasteiger partial charge in [0.1, 0.15) is 11.3 Å². The van der Waals surface area contributed by atoms with E-state index >= 15 is 0 Å². The van der Waals surface area contributed by atoms with Crippen molar-refractivity contribution >= 4 is 34.3 Å². The molecule has 26 heavy (non-hydrogen) atoms. The molecule has 4 rings (SSSR count). The second kappa shape index (κ2) is 6.86. The van der Waals surface area contributed by atoms with Crippen LogP contribution in [-0.4, -0.2) is 15.3 Å². The minimum atomic E-state index is -0.480. The number of phenols is 1. The summed E-state index contributed by atoms with van der Waals surface area (Å²) in [5.74, 6) is 0.872. The molecular weight excluding hydrogens is 376 g/mol. The number of nitrogens with zero attached hydrogens (tertiary/aromatic N) is 2. The quantitative estimate of drug-likeness (QED) is 0.408. The maximum atomic E-state index is 11.7. The first-order valence-corrected chi connectivity index (χ1v) is 8.93. The van der Waals surface area contributed by atoms with E-state index in [9.17, 15) is 9.90 Å². The summed E-state index contributed by atoms with van der Waals surface area (Å²) in [5, 5.41) is 19.3. The molecule has 2 aromatic heterocycles. The van der Waals surface area contributed by atoms with Crippen molar-refractivity contribution in [2.45, 2.75) is 11.0 Å². The summed E-state index contributed by atoms with van der Waals surface area (Å²) in [7, 11) is 0. The van der Waals surface area contributed by atoms with Gasteiger partial charge >= 0.3 is 5.63 Å². The van der Waals surface area contributed by atoms with Crippen molar-refractivity contribution < 1.29 is 13.9 Å². The van der Waals surface area contributed by atoms with E-state index in [1.165, 1.54) is 23.9 Å². The van der Waals surface area contributed by atoms with Crippen molar-refractivity contribution in [3.8, 4) is 17.2 Å². The van der Waals surface area contributed by atoms with Gasteiger partial charge in [-0.2, -0.15) is 0 Å². The smallest absolute Gasteiger partial charge is 0.336 e. The van der Waals surface area contributed by atoms with Gasteiger partial charge in [-0.25, -0.2) is 4.79 Å². The van der Waals surface area contributed by atoms with E-state index in [2.05, 4.69) is 10.2 Å². The third-order valence-electron chi connectivity index (χ3n) is 3.66.